The van der Waals surface area contributed by atoms with E-state index >= 15 is 0 Å². The number of nitrogens with zero attached hydrogens (tertiary/aromatic N) is 1. The first-order chi connectivity index (χ1) is 5.00. The highest BCUT2D eigenvalue weighted by Gasteiger charge is 2.32. The lowest BCUT2D eigenvalue weighted by molar-refractivity contribution is -0.141. The van der Waals surface area contributed by atoms with Crippen molar-refractivity contribution < 1.29 is 13.2 Å². The number of alkyl halides is 3. The molecule has 0 aliphatic heterocycles. The molecule has 1 heterocycles. The SMILES string of the molecule is Cc1cc[c]c(C(F)(F)F)n1. The van der Waals surface area contributed by atoms with Crippen LogP contribution in [0.4, 0.5) is 13.2 Å². The third-order valence-electron chi connectivity index (χ3n) is 1.10. The van der Waals surface area contributed by atoms with Gasteiger partial charge in [0.15, 0.2) is 5.69 Å². The van der Waals surface area contributed by atoms with Crippen LogP contribution in [-0.2, 0) is 6.18 Å². The van der Waals surface area contributed by atoms with E-state index < -0.39 is 11.9 Å². The van der Waals surface area contributed by atoms with E-state index in [0.29, 0.717) is 5.69 Å². The molecular weight excluding hydrogens is 155 g/mol. The fourth-order valence-electron chi connectivity index (χ4n) is 0.632. The number of hydrogen-bond donors (Lipinski definition) is 0. The Morgan fingerprint density at radius 3 is 2.45 bits per heavy atom. The summed E-state index contributed by atoms with van der Waals surface area (Å²) in [7, 11) is 0. The first-order valence-electron chi connectivity index (χ1n) is 2.92. The highest BCUT2D eigenvalue weighted by molar-refractivity contribution is 5.10. The molecule has 0 aliphatic carbocycles. The van der Waals surface area contributed by atoms with E-state index in [1.54, 1.807) is 0 Å². The largest absolute Gasteiger partial charge is 0.433 e. The number of pyridine rings is 1. The first kappa shape index (κ1) is 8.04. The van der Waals surface area contributed by atoms with Crippen molar-refractivity contribution in [1.82, 2.24) is 4.98 Å². The number of aromatic nitrogens is 1. The Morgan fingerprint density at radius 1 is 1.45 bits per heavy atom. The Labute approximate surface area is 61.9 Å². The van der Waals surface area contributed by atoms with Gasteiger partial charge in [-0.05, 0) is 13.0 Å². The van der Waals surface area contributed by atoms with E-state index in [2.05, 4.69) is 4.98 Å². The van der Waals surface area contributed by atoms with Gasteiger partial charge in [0.1, 0.15) is 0 Å². The molecule has 0 N–H and O–H groups in total. The topological polar surface area (TPSA) is 12.9 Å². The number of hydrogen-bond acceptors (Lipinski definition) is 1. The summed E-state index contributed by atoms with van der Waals surface area (Å²) in [5.41, 5.74) is -0.617. The first-order valence-corrected chi connectivity index (χ1v) is 2.92. The van der Waals surface area contributed by atoms with Gasteiger partial charge in [-0.25, -0.2) is 4.98 Å². The molecule has 11 heavy (non-hydrogen) atoms. The number of halogens is 3. The second-order valence-corrected chi connectivity index (χ2v) is 2.08. The van der Waals surface area contributed by atoms with E-state index in [1.807, 2.05) is 6.07 Å². The van der Waals surface area contributed by atoms with Crippen LogP contribution in [0.2, 0.25) is 0 Å². The van der Waals surface area contributed by atoms with Crippen LogP contribution in [0.15, 0.2) is 12.1 Å². The van der Waals surface area contributed by atoms with Gasteiger partial charge in [-0.2, -0.15) is 13.2 Å². The lowest BCUT2D eigenvalue weighted by Gasteiger charge is -2.04. The lowest BCUT2D eigenvalue weighted by atomic mass is 10.3. The summed E-state index contributed by atoms with van der Waals surface area (Å²) in [5, 5.41) is 0. The minimum absolute atomic E-state index is 0.344. The molecule has 59 valence electrons. The zero-order chi connectivity index (χ0) is 8.48. The van der Waals surface area contributed by atoms with Crippen LogP contribution in [-0.4, -0.2) is 4.98 Å². The molecule has 1 aromatic rings. The van der Waals surface area contributed by atoms with E-state index in [9.17, 15) is 13.2 Å². The fraction of sp³-hybridized carbons (Fsp3) is 0.286. The van der Waals surface area contributed by atoms with Crippen LogP contribution < -0.4 is 0 Å². The van der Waals surface area contributed by atoms with Crippen molar-refractivity contribution in [2.45, 2.75) is 13.1 Å². The molecule has 1 aromatic heterocycles. The summed E-state index contributed by atoms with van der Waals surface area (Å²) in [6, 6.07) is 4.69. The van der Waals surface area contributed by atoms with Crippen LogP contribution in [0.5, 0.6) is 0 Å². The normalized spacial score (nSPS) is 11.6. The predicted molar refractivity (Wildman–Crippen MR) is 32.8 cm³/mol. The number of rotatable bonds is 0. The Hall–Kier alpha value is -1.06. The zero-order valence-corrected chi connectivity index (χ0v) is 5.74. The van der Waals surface area contributed by atoms with Crippen molar-refractivity contribution in [1.29, 1.82) is 0 Å². The summed E-state index contributed by atoms with van der Waals surface area (Å²) in [5.74, 6) is 0. The van der Waals surface area contributed by atoms with Crippen molar-refractivity contribution in [2.75, 3.05) is 0 Å². The molecule has 0 amide bonds. The summed E-state index contributed by atoms with van der Waals surface area (Å²) in [6.07, 6.45) is -4.38. The quantitative estimate of drug-likeness (QED) is 0.567. The second-order valence-electron chi connectivity index (χ2n) is 2.08. The van der Waals surface area contributed by atoms with E-state index in [0.717, 1.165) is 0 Å². The summed E-state index contributed by atoms with van der Waals surface area (Å²) in [6.45, 7) is 1.50. The molecule has 0 saturated carbocycles. The third kappa shape index (κ3) is 1.93. The average Bonchev–Trinajstić information content (AvgIpc) is 1.86. The Kier molecular flexibility index (Phi) is 1.85. The molecule has 0 aromatic carbocycles. The van der Waals surface area contributed by atoms with Crippen molar-refractivity contribution >= 4 is 0 Å². The van der Waals surface area contributed by atoms with Crippen molar-refractivity contribution in [3.8, 4) is 0 Å². The Bertz CT molecular complexity index is 254. The molecule has 0 spiro atoms. The van der Waals surface area contributed by atoms with Crippen molar-refractivity contribution in [3.05, 3.63) is 29.6 Å². The fourth-order valence-corrected chi connectivity index (χ4v) is 0.632. The van der Waals surface area contributed by atoms with E-state index in [-0.39, 0.29) is 0 Å². The molecule has 0 aliphatic rings. The third-order valence-corrected chi connectivity index (χ3v) is 1.10. The number of aryl methyl sites for hydroxylation is 1. The molecule has 1 radical (unpaired) electrons. The standard InChI is InChI=1S/C7H5F3N/c1-5-3-2-4-6(11-5)7(8,9)10/h2-3H,1H3. The van der Waals surface area contributed by atoms with Gasteiger partial charge < -0.3 is 0 Å². The highest BCUT2D eigenvalue weighted by Crippen LogP contribution is 2.26. The molecule has 0 atom stereocenters. The maximum Gasteiger partial charge on any atom is 0.433 e. The summed E-state index contributed by atoms with van der Waals surface area (Å²) >= 11 is 0. The van der Waals surface area contributed by atoms with Gasteiger partial charge in [0, 0.05) is 11.8 Å². The maximum atomic E-state index is 11.9. The smallest absolute Gasteiger partial charge is 0.248 e. The Balaban J connectivity index is 3.06. The van der Waals surface area contributed by atoms with Crippen molar-refractivity contribution in [2.24, 2.45) is 0 Å². The van der Waals surface area contributed by atoms with Crippen LogP contribution in [0, 0.1) is 13.0 Å². The molecule has 0 bridgehead atoms. The lowest BCUT2D eigenvalue weighted by Crippen LogP contribution is -2.08. The molecule has 0 saturated heterocycles. The minimum Gasteiger partial charge on any atom is -0.248 e. The van der Waals surface area contributed by atoms with Crippen LogP contribution in [0.1, 0.15) is 11.4 Å². The second kappa shape index (κ2) is 2.53. The molecule has 1 rings (SSSR count). The van der Waals surface area contributed by atoms with Crippen LogP contribution in [0.3, 0.4) is 0 Å². The highest BCUT2D eigenvalue weighted by atomic mass is 19.4. The van der Waals surface area contributed by atoms with Gasteiger partial charge in [0.2, 0.25) is 0 Å². The van der Waals surface area contributed by atoms with Gasteiger partial charge in [-0.15, -0.1) is 0 Å². The summed E-state index contributed by atoms with van der Waals surface area (Å²) < 4.78 is 35.6. The van der Waals surface area contributed by atoms with E-state index in [1.165, 1.54) is 19.1 Å². The Morgan fingerprint density at radius 2 is 2.09 bits per heavy atom. The van der Waals surface area contributed by atoms with E-state index in [4.69, 9.17) is 0 Å². The molecule has 4 heteroatoms. The molecule has 1 nitrogen and oxygen atoms in total. The summed E-state index contributed by atoms with van der Waals surface area (Å²) in [4.78, 5) is 3.26. The van der Waals surface area contributed by atoms with Gasteiger partial charge in [-0.3, -0.25) is 0 Å². The minimum atomic E-state index is -4.38. The van der Waals surface area contributed by atoms with Crippen LogP contribution >= 0.6 is 0 Å². The van der Waals surface area contributed by atoms with Gasteiger partial charge in [-0.1, -0.05) is 6.07 Å². The van der Waals surface area contributed by atoms with Crippen molar-refractivity contribution in [3.63, 3.8) is 0 Å². The predicted octanol–water partition coefficient (Wildman–Crippen LogP) is 2.21. The van der Waals surface area contributed by atoms with Crippen LogP contribution in [0.25, 0.3) is 0 Å². The zero-order valence-electron chi connectivity index (χ0n) is 5.74. The molecule has 0 unspecified atom stereocenters. The van der Waals surface area contributed by atoms with Gasteiger partial charge in [0.25, 0.3) is 0 Å². The monoisotopic (exact) mass is 160 g/mol. The maximum absolute atomic E-state index is 11.9. The molecule has 0 fully saturated rings. The van der Waals surface area contributed by atoms with Gasteiger partial charge >= 0.3 is 6.18 Å². The van der Waals surface area contributed by atoms with Gasteiger partial charge in [0.05, 0.1) is 0 Å². The average molecular weight is 160 g/mol. The molecular formula is C7H5F3N.